The Bertz CT molecular complexity index is 829. The number of carbonyl (C=O) groups is 2. The molecule has 1 heterocycles. The van der Waals surface area contributed by atoms with Gasteiger partial charge in [-0.05, 0) is 43.3 Å². The van der Waals surface area contributed by atoms with Crippen LogP contribution in [0, 0.1) is 0 Å². The highest BCUT2D eigenvalue weighted by Gasteiger charge is 2.22. The van der Waals surface area contributed by atoms with Crippen molar-refractivity contribution in [1.29, 1.82) is 0 Å². The zero-order valence-corrected chi connectivity index (χ0v) is 14.6. The van der Waals surface area contributed by atoms with E-state index in [9.17, 15) is 18.0 Å². The van der Waals surface area contributed by atoms with Crippen LogP contribution in [0.4, 0.5) is 5.69 Å². The SMILES string of the molecule is CC(=O)Nc1ccc(S(=O)(=O)N[C@H](C)C(=O)NCc2ccco2)cc1. The summed E-state index contributed by atoms with van der Waals surface area (Å²) in [6.07, 6.45) is 1.48. The molecule has 3 N–H and O–H groups in total. The monoisotopic (exact) mass is 365 g/mol. The van der Waals surface area contributed by atoms with Crippen LogP contribution >= 0.6 is 0 Å². The summed E-state index contributed by atoms with van der Waals surface area (Å²) in [7, 11) is -3.87. The van der Waals surface area contributed by atoms with E-state index in [4.69, 9.17) is 4.42 Å². The van der Waals surface area contributed by atoms with Crippen LogP contribution < -0.4 is 15.4 Å². The molecule has 0 aliphatic rings. The Morgan fingerprint density at radius 3 is 2.40 bits per heavy atom. The average molecular weight is 365 g/mol. The minimum atomic E-state index is -3.87. The average Bonchev–Trinajstić information content (AvgIpc) is 3.05. The first kappa shape index (κ1) is 18.7. The van der Waals surface area contributed by atoms with Crippen molar-refractivity contribution in [2.75, 3.05) is 5.32 Å². The first-order valence-electron chi connectivity index (χ1n) is 7.48. The maximum atomic E-state index is 12.3. The fourth-order valence-corrected chi connectivity index (χ4v) is 3.22. The van der Waals surface area contributed by atoms with E-state index in [1.807, 2.05) is 0 Å². The number of amides is 2. The Morgan fingerprint density at radius 1 is 1.16 bits per heavy atom. The molecule has 9 heteroatoms. The molecule has 0 saturated heterocycles. The van der Waals surface area contributed by atoms with Gasteiger partial charge in [0.1, 0.15) is 5.76 Å². The lowest BCUT2D eigenvalue weighted by Gasteiger charge is -2.14. The first-order valence-corrected chi connectivity index (χ1v) is 8.96. The number of carbonyl (C=O) groups excluding carboxylic acids is 2. The van der Waals surface area contributed by atoms with E-state index in [2.05, 4.69) is 15.4 Å². The van der Waals surface area contributed by atoms with E-state index in [1.165, 1.54) is 44.4 Å². The summed E-state index contributed by atoms with van der Waals surface area (Å²) < 4.78 is 32.0. The molecule has 134 valence electrons. The van der Waals surface area contributed by atoms with Gasteiger partial charge in [0, 0.05) is 12.6 Å². The van der Waals surface area contributed by atoms with Crippen LogP contribution in [-0.2, 0) is 26.2 Å². The van der Waals surface area contributed by atoms with E-state index in [-0.39, 0.29) is 17.3 Å². The van der Waals surface area contributed by atoms with Gasteiger partial charge in [-0.25, -0.2) is 8.42 Å². The molecule has 1 aromatic heterocycles. The van der Waals surface area contributed by atoms with Crippen molar-refractivity contribution in [3.8, 4) is 0 Å². The Labute approximate surface area is 145 Å². The molecular weight excluding hydrogens is 346 g/mol. The first-order chi connectivity index (χ1) is 11.8. The van der Waals surface area contributed by atoms with Gasteiger partial charge in [-0.3, -0.25) is 9.59 Å². The van der Waals surface area contributed by atoms with Gasteiger partial charge in [0.05, 0.1) is 23.7 Å². The third-order valence-corrected chi connectivity index (χ3v) is 4.78. The van der Waals surface area contributed by atoms with Crippen molar-refractivity contribution >= 4 is 27.5 Å². The van der Waals surface area contributed by atoms with Crippen molar-refractivity contribution < 1.29 is 22.4 Å². The number of hydrogen-bond donors (Lipinski definition) is 3. The van der Waals surface area contributed by atoms with Gasteiger partial charge in [-0.2, -0.15) is 4.72 Å². The molecular formula is C16H19N3O5S. The van der Waals surface area contributed by atoms with Gasteiger partial charge in [0.15, 0.2) is 0 Å². The summed E-state index contributed by atoms with van der Waals surface area (Å²) in [6.45, 7) is 2.97. The third kappa shape index (κ3) is 5.44. The minimum absolute atomic E-state index is 0.00714. The van der Waals surface area contributed by atoms with Gasteiger partial charge in [0.25, 0.3) is 0 Å². The molecule has 0 bridgehead atoms. The highest BCUT2D eigenvalue weighted by Crippen LogP contribution is 2.14. The number of furan rings is 1. The molecule has 1 atom stereocenters. The summed E-state index contributed by atoms with van der Waals surface area (Å²) in [5.41, 5.74) is 0.482. The standard InChI is InChI=1S/C16H19N3O5S/c1-11(16(21)17-10-14-4-3-9-24-14)19-25(22,23)15-7-5-13(6-8-15)18-12(2)20/h3-9,11,19H,10H2,1-2H3,(H,17,21)(H,18,20)/t11-/m1/s1. The molecule has 0 spiro atoms. The second-order valence-electron chi connectivity index (χ2n) is 5.35. The summed E-state index contributed by atoms with van der Waals surface area (Å²) >= 11 is 0. The second kappa shape index (κ2) is 7.95. The van der Waals surface area contributed by atoms with E-state index >= 15 is 0 Å². The molecule has 0 fully saturated rings. The van der Waals surface area contributed by atoms with Gasteiger partial charge in [-0.15, -0.1) is 0 Å². The highest BCUT2D eigenvalue weighted by atomic mass is 32.2. The molecule has 25 heavy (non-hydrogen) atoms. The minimum Gasteiger partial charge on any atom is -0.467 e. The molecule has 0 saturated carbocycles. The lowest BCUT2D eigenvalue weighted by atomic mass is 10.3. The zero-order chi connectivity index (χ0) is 18.4. The Morgan fingerprint density at radius 2 is 1.84 bits per heavy atom. The fourth-order valence-electron chi connectivity index (χ4n) is 2.02. The van der Waals surface area contributed by atoms with Crippen molar-refractivity contribution in [2.45, 2.75) is 31.3 Å². The van der Waals surface area contributed by atoms with Crippen LogP contribution in [-0.4, -0.2) is 26.3 Å². The van der Waals surface area contributed by atoms with Crippen LogP contribution in [0.2, 0.25) is 0 Å². The van der Waals surface area contributed by atoms with Crippen LogP contribution in [0.25, 0.3) is 0 Å². The highest BCUT2D eigenvalue weighted by molar-refractivity contribution is 7.89. The van der Waals surface area contributed by atoms with E-state index < -0.39 is 22.0 Å². The van der Waals surface area contributed by atoms with Gasteiger partial charge in [-0.1, -0.05) is 0 Å². The zero-order valence-electron chi connectivity index (χ0n) is 13.8. The molecule has 2 amide bonds. The second-order valence-corrected chi connectivity index (χ2v) is 7.06. The van der Waals surface area contributed by atoms with Crippen molar-refractivity contribution in [3.05, 3.63) is 48.4 Å². The van der Waals surface area contributed by atoms with E-state index in [0.29, 0.717) is 11.4 Å². The Kier molecular flexibility index (Phi) is 5.94. The molecule has 0 unspecified atom stereocenters. The number of anilines is 1. The predicted octanol–water partition coefficient (Wildman–Crippen LogP) is 1.22. The van der Waals surface area contributed by atoms with Crippen LogP contribution in [0.3, 0.4) is 0 Å². The fraction of sp³-hybridized carbons (Fsp3) is 0.250. The van der Waals surface area contributed by atoms with Crippen LogP contribution in [0.5, 0.6) is 0 Å². The normalized spacial score (nSPS) is 12.4. The van der Waals surface area contributed by atoms with Gasteiger partial charge < -0.3 is 15.1 Å². The quantitative estimate of drug-likeness (QED) is 0.682. The predicted molar refractivity (Wildman–Crippen MR) is 91.1 cm³/mol. The number of benzene rings is 1. The maximum Gasteiger partial charge on any atom is 0.241 e. The molecule has 2 aromatic rings. The van der Waals surface area contributed by atoms with Gasteiger partial charge in [0.2, 0.25) is 21.8 Å². The van der Waals surface area contributed by atoms with Crippen LogP contribution in [0.1, 0.15) is 19.6 Å². The summed E-state index contributed by atoms with van der Waals surface area (Å²) in [6, 6.07) is 8.07. The van der Waals surface area contributed by atoms with E-state index in [0.717, 1.165) is 0 Å². The lowest BCUT2D eigenvalue weighted by molar-refractivity contribution is -0.122. The molecule has 1 aromatic carbocycles. The summed E-state index contributed by atoms with van der Waals surface area (Å²) in [5, 5.41) is 5.13. The number of sulfonamides is 1. The van der Waals surface area contributed by atoms with Crippen molar-refractivity contribution in [3.63, 3.8) is 0 Å². The molecule has 8 nitrogen and oxygen atoms in total. The summed E-state index contributed by atoms with van der Waals surface area (Å²) in [4.78, 5) is 23.0. The Hall–Kier alpha value is -2.65. The Balaban J connectivity index is 1.96. The van der Waals surface area contributed by atoms with E-state index in [1.54, 1.807) is 12.1 Å². The third-order valence-electron chi connectivity index (χ3n) is 3.23. The van der Waals surface area contributed by atoms with Crippen LogP contribution in [0.15, 0.2) is 52.0 Å². The number of rotatable bonds is 7. The number of nitrogens with one attached hydrogen (secondary N) is 3. The molecule has 2 rings (SSSR count). The maximum absolute atomic E-state index is 12.3. The van der Waals surface area contributed by atoms with Gasteiger partial charge >= 0.3 is 0 Å². The van der Waals surface area contributed by atoms with Crippen molar-refractivity contribution in [2.24, 2.45) is 0 Å². The molecule has 0 radical (unpaired) electrons. The van der Waals surface area contributed by atoms with Crippen molar-refractivity contribution in [1.82, 2.24) is 10.0 Å². The molecule has 0 aliphatic heterocycles. The topological polar surface area (TPSA) is 118 Å². The smallest absolute Gasteiger partial charge is 0.241 e. The largest absolute Gasteiger partial charge is 0.467 e. The molecule has 0 aliphatic carbocycles. The number of hydrogen-bond acceptors (Lipinski definition) is 5. The lowest BCUT2D eigenvalue weighted by Crippen LogP contribution is -2.44. The summed E-state index contributed by atoms with van der Waals surface area (Å²) in [5.74, 6) is -0.164.